The van der Waals surface area contributed by atoms with E-state index in [9.17, 15) is 4.79 Å². The summed E-state index contributed by atoms with van der Waals surface area (Å²) in [5, 5.41) is 11.4. The maximum Gasteiger partial charge on any atom is 0.321 e. The van der Waals surface area contributed by atoms with Gasteiger partial charge in [-0.3, -0.25) is 0 Å². The molecule has 0 saturated carbocycles. The van der Waals surface area contributed by atoms with Crippen molar-refractivity contribution in [3.05, 3.63) is 29.8 Å². The molecule has 4 heteroatoms. The number of carbonyl (C=O) groups is 1. The van der Waals surface area contributed by atoms with E-state index in [2.05, 4.69) is 17.2 Å². The Morgan fingerprint density at radius 2 is 1.94 bits per heavy atom. The fraction of sp³-hybridized carbons (Fsp3) is 0.357. The minimum Gasteiger partial charge on any atom is -0.384 e. The molecule has 0 aliphatic carbocycles. The quantitative estimate of drug-likeness (QED) is 0.738. The highest BCUT2D eigenvalue weighted by Gasteiger charge is 2.17. The average molecular weight is 244 g/mol. The predicted octanol–water partition coefficient (Wildman–Crippen LogP) is 1.66. The number of carbonyl (C=O) groups excluding carboxylic acids is 1. The van der Waals surface area contributed by atoms with Gasteiger partial charge >= 0.3 is 6.03 Å². The fourth-order valence-electron chi connectivity index (χ4n) is 1.90. The lowest BCUT2D eigenvalue weighted by molar-refractivity contribution is 0.222. The Hall–Kier alpha value is -1.99. The van der Waals surface area contributed by atoms with E-state index in [-0.39, 0.29) is 12.6 Å². The van der Waals surface area contributed by atoms with E-state index in [1.807, 2.05) is 29.2 Å². The molecule has 1 fully saturated rings. The summed E-state index contributed by atoms with van der Waals surface area (Å²) in [4.78, 5) is 13.6. The first-order valence-corrected chi connectivity index (χ1v) is 6.05. The second-order valence-corrected chi connectivity index (χ2v) is 4.16. The molecule has 0 spiro atoms. The van der Waals surface area contributed by atoms with Gasteiger partial charge in [-0.1, -0.05) is 11.8 Å². The third-order valence-corrected chi connectivity index (χ3v) is 2.84. The molecular formula is C14H16N2O2. The molecule has 1 aromatic rings. The minimum atomic E-state index is -0.145. The van der Waals surface area contributed by atoms with Crippen LogP contribution in [0.1, 0.15) is 18.4 Å². The van der Waals surface area contributed by atoms with Crippen LogP contribution in [-0.2, 0) is 0 Å². The number of amides is 2. The molecule has 1 aliphatic heterocycles. The van der Waals surface area contributed by atoms with Crippen LogP contribution in [0.5, 0.6) is 0 Å². The van der Waals surface area contributed by atoms with Crippen LogP contribution in [0.2, 0.25) is 0 Å². The smallest absolute Gasteiger partial charge is 0.321 e. The van der Waals surface area contributed by atoms with Gasteiger partial charge in [-0.05, 0) is 37.1 Å². The highest BCUT2D eigenvalue weighted by Crippen LogP contribution is 2.12. The van der Waals surface area contributed by atoms with Gasteiger partial charge in [0.1, 0.15) is 6.61 Å². The summed E-state index contributed by atoms with van der Waals surface area (Å²) in [5.41, 5.74) is 1.59. The van der Waals surface area contributed by atoms with Crippen molar-refractivity contribution in [3.8, 4) is 11.8 Å². The summed E-state index contributed by atoms with van der Waals surface area (Å²) in [7, 11) is 0. The number of hydrogen-bond donors (Lipinski definition) is 2. The maximum atomic E-state index is 11.8. The van der Waals surface area contributed by atoms with E-state index in [4.69, 9.17) is 5.11 Å². The van der Waals surface area contributed by atoms with Crippen molar-refractivity contribution in [2.75, 3.05) is 25.0 Å². The molecule has 0 radical (unpaired) electrons. The predicted molar refractivity (Wildman–Crippen MR) is 70.2 cm³/mol. The fourth-order valence-corrected chi connectivity index (χ4v) is 1.90. The molecule has 0 bridgehead atoms. The summed E-state index contributed by atoms with van der Waals surface area (Å²) < 4.78 is 0. The van der Waals surface area contributed by atoms with E-state index < -0.39 is 0 Å². The topological polar surface area (TPSA) is 52.6 Å². The first-order valence-electron chi connectivity index (χ1n) is 6.05. The molecule has 1 aromatic carbocycles. The van der Waals surface area contributed by atoms with Crippen LogP contribution >= 0.6 is 0 Å². The van der Waals surface area contributed by atoms with E-state index in [1.54, 1.807) is 0 Å². The van der Waals surface area contributed by atoms with Gasteiger partial charge in [0.05, 0.1) is 0 Å². The molecule has 2 amide bonds. The van der Waals surface area contributed by atoms with Crippen LogP contribution in [-0.4, -0.2) is 35.7 Å². The van der Waals surface area contributed by atoms with Gasteiger partial charge in [0.25, 0.3) is 0 Å². The summed E-state index contributed by atoms with van der Waals surface area (Å²) in [6.45, 7) is 1.53. The number of benzene rings is 1. The number of nitrogens with zero attached hydrogens (tertiary/aromatic N) is 1. The van der Waals surface area contributed by atoms with Gasteiger partial charge in [0.15, 0.2) is 0 Å². The summed E-state index contributed by atoms with van der Waals surface area (Å²) >= 11 is 0. The molecule has 0 unspecified atom stereocenters. The number of likely N-dealkylation sites (tertiary alicyclic amines) is 1. The Morgan fingerprint density at radius 1 is 1.28 bits per heavy atom. The number of rotatable bonds is 1. The van der Waals surface area contributed by atoms with E-state index >= 15 is 0 Å². The van der Waals surface area contributed by atoms with Crippen molar-refractivity contribution in [2.24, 2.45) is 0 Å². The van der Waals surface area contributed by atoms with Crippen molar-refractivity contribution >= 4 is 11.7 Å². The Labute approximate surface area is 107 Å². The number of hydrogen-bond acceptors (Lipinski definition) is 2. The molecule has 2 N–H and O–H groups in total. The third kappa shape index (κ3) is 3.25. The van der Waals surface area contributed by atoms with Gasteiger partial charge in [0.2, 0.25) is 0 Å². The molecule has 1 heterocycles. The SMILES string of the molecule is O=C(Nc1ccc(C#CCO)cc1)N1CCCC1. The van der Waals surface area contributed by atoms with Crippen molar-refractivity contribution in [3.63, 3.8) is 0 Å². The zero-order valence-corrected chi connectivity index (χ0v) is 10.1. The number of aliphatic hydroxyl groups is 1. The highest BCUT2D eigenvalue weighted by atomic mass is 16.2. The highest BCUT2D eigenvalue weighted by molar-refractivity contribution is 5.89. The van der Waals surface area contributed by atoms with Gasteiger partial charge < -0.3 is 15.3 Å². The third-order valence-electron chi connectivity index (χ3n) is 2.84. The van der Waals surface area contributed by atoms with Crippen molar-refractivity contribution in [2.45, 2.75) is 12.8 Å². The maximum absolute atomic E-state index is 11.8. The van der Waals surface area contributed by atoms with Crippen LogP contribution in [0.4, 0.5) is 10.5 Å². The molecule has 1 saturated heterocycles. The molecule has 94 valence electrons. The van der Waals surface area contributed by atoms with Crippen molar-refractivity contribution < 1.29 is 9.90 Å². The molecule has 0 aromatic heterocycles. The Bertz CT molecular complexity index is 465. The molecule has 18 heavy (non-hydrogen) atoms. The molecule has 0 atom stereocenters. The van der Waals surface area contributed by atoms with E-state index in [0.29, 0.717) is 0 Å². The van der Waals surface area contributed by atoms with Crippen LogP contribution < -0.4 is 5.32 Å². The Morgan fingerprint density at radius 3 is 2.56 bits per heavy atom. The number of aliphatic hydroxyl groups excluding tert-OH is 1. The van der Waals surface area contributed by atoms with Crippen molar-refractivity contribution in [1.82, 2.24) is 4.90 Å². The zero-order chi connectivity index (χ0) is 12.8. The number of nitrogens with one attached hydrogen (secondary N) is 1. The minimum absolute atomic E-state index is 0.0401. The van der Waals surface area contributed by atoms with E-state index in [1.165, 1.54) is 0 Å². The van der Waals surface area contributed by atoms with Crippen LogP contribution in [0.3, 0.4) is 0 Å². The molecule has 1 aliphatic rings. The van der Waals surface area contributed by atoms with Gasteiger partial charge in [-0.25, -0.2) is 4.79 Å². The second-order valence-electron chi connectivity index (χ2n) is 4.16. The van der Waals surface area contributed by atoms with Crippen LogP contribution in [0, 0.1) is 11.8 Å². The average Bonchev–Trinajstić information content (AvgIpc) is 2.92. The zero-order valence-electron chi connectivity index (χ0n) is 10.1. The van der Waals surface area contributed by atoms with Gasteiger partial charge in [0, 0.05) is 24.3 Å². The van der Waals surface area contributed by atoms with E-state index in [0.717, 1.165) is 37.2 Å². The standard InChI is InChI=1S/C14H16N2O2/c17-11-3-4-12-5-7-13(8-6-12)15-14(18)16-9-1-2-10-16/h5-8,17H,1-2,9-11H2,(H,15,18). The van der Waals surface area contributed by atoms with Crippen LogP contribution in [0.15, 0.2) is 24.3 Å². The van der Waals surface area contributed by atoms with Gasteiger partial charge in [-0.15, -0.1) is 0 Å². The molecule has 2 rings (SSSR count). The lowest BCUT2D eigenvalue weighted by Crippen LogP contribution is -2.32. The first kappa shape index (κ1) is 12.5. The second kappa shape index (κ2) is 6.08. The Kier molecular flexibility index (Phi) is 4.21. The monoisotopic (exact) mass is 244 g/mol. The Balaban J connectivity index is 1.95. The largest absolute Gasteiger partial charge is 0.384 e. The summed E-state index contributed by atoms with van der Waals surface area (Å²) in [5.74, 6) is 5.39. The lowest BCUT2D eigenvalue weighted by atomic mass is 10.2. The first-order chi connectivity index (χ1) is 8.79. The van der Waals surface area contributed by atoms with Gasteiger partial charge in [-0.2, -0.15) is 0 Å². The van der Waals surface area contributed by atoms with Crippen molar-refractivity contribution in [1.29, 1.82) is 0 Å². The summed E-state index contributed by atoms with van der Waals surface area (Å²) in [6, 6.07) is 7.23. The number of urea groups is 1. The lowest BCUT2D eigenvalue weighted by Gasteiger charge is -2.16. The van der Waals surface area contributed by atoms with Crippen LogP contribution in [0.25, 0.3) is 0 Å². The number of anilines is 1. The molecular weight excluding hydrogens is 228 g/mol. The normalized spacial score (nSPS) is 13.9. The molecule has 4 nitrogen and oxygen atoms in total. The summed E-state index contributed by atoms with van der Waals surface area (Å²) in [6.07, 6.45) is 2.17.